The van der Waals surface area contributed by atoms with Crippen molar-refractivity contribution in [2.75, 3.05) is 0 Å². The first kappa shape index (κ1) is 16.0. The minimum Gasteiger partial charge on any atom is -0.478 e. The van der Waals surface area contributed by atoms with Crippen molar-refractivity contribution in [3.05, 3.63) is 48.0 Å². The zero-order chi connectivity index (χ0) is 15.0. The smallest absolute Gasteiger partial charge is 0.335 e. The third-order valence-corrected chi connectivity index (χ3v) is 3.02. The Morgan fingerprint density at radius 1 is 1.35 bits per heavy atom. The van der Waals surface area contributed by atoms with Gasteiger partial charge in [0.15, 0.2) is 0 Å². The average Bonchev–Trinajstić information content (AvgIpc) is 2.39. The zero-order valence-corrected chi connectivity index (χ0v) is 11.8. The molecule has 1 unspecified atom stereocenters. The average molecular weight is 275 g/mol. The Labute approximate surface area is 119 Å². The Bertz CT molecular complexity index is 465. The van der Waals surface area contributed by atoms with Crippen LogP contribution in [0, 0.1) is 0 Å². The number of rotatable bonds is 8. The summed E-state index contributed by atoms with van der Waals surface area (Å²) in [5.41, 5.74) is 1.04. The highest BCUT2D eigenvalue weighted by atomic mass is 16.4. The number of hydrogen-bond acceptors (Lipinski definition) is 2. The summed E-state index contributed by atoms with van der Waals surface area (Å²) < 4.78 is 0. The molecule has 1 atom stereocenters. The lowest BCUT2D eigenvalue weighted by molar-refractivity contribution is -0.121. The van der Waals surface area contributed by atoms with Gasteiger partial charge in [0.25, 0.3) is 0 Å². The molecule has 1 aromatic carbocycles. The number of aromatic carboxylic acids is 1. The summed E-state index contributed by atoms with van der Waals surface area (Å²) in [5, 5.41) is 11.7. The number of carbonyl (C=O) groups excluding carboxylic acids is 1. The first-order chi connectivity index (χ1) is 9.52. The minimum atomic E-state index is -0.961. The van der Waals surface area contributed by atoms with Crippen LogP contribution in [0.15, 0.2) is 36.9 Å². The Morgan fingerprint density at radius 2 is 2.00 bits per heavy atom. The summed E-state index contributed by atoms with van der Waals surface area (Å²) in [5.74, 6) is -1.00. The molecule has 0 bridgehead atoms. The molecule has 0 saturated heterocycles. The summed E-state index contributed by atoms with van der Waals surface area (Å²) in [6.07, 6.45) is 5.04. The molecule has 0 radical (unpaired) electrons. The normalized spacial score (nSPS) is 11.7. The van der Waals surface area contributed by atoms with Crippen LogP contribution in [0.1, 0.15) is 42.1 Å². The van der Waals surface area contributed by atoms with Gasteiger partial charge in [-0.2, -0.15) is 0 Å². The van der Waals surface area contributed by atoms with Gasteiger partial charge in [-0.15, -0.1) is 6.58 Å². The second-order valence-electron chi connectivity index (χ2n) is 4.87. The maximum atomic E-state index is 11.8. The van der Waals surface area contributed by atoms with E-state index in [-0.39, 0.29) is 23.9 Å². The van der Waals surface area contributed by atoms with Gasteiger partial charge in [0, 0.05) is 6.04 Å². The van der Waals surface area contributed by atoms with Crippen LogP contribution < -0.4 is 5.32 Å². The van der Waals surface area contributed by atoms with Crippen LogP contribution in [0.5, 0.6) is 0 Å². The Morgan fingerprint density at radius 3 is 2.55 bits per heavy atom. The molecule has 4 heteroatoms. The molecule has 0 aliphatic rings. The lowest BCUT2D eigenvalue weighted by Crippen LogP contribution is -2.33. The van der Waals surface area contributed by atoms with Crippen LogP contribution in [0.2, 0.25) is 0 Å². The Hall–Kier alpha value is -2.10. The standard InChI is InChI=1S/C16H21NO3/c1-3-4-5-6-12(2)17-15(18)11-13-7-9-14(10-8-13)16(19)20/h3,7-10,12H,1,4-6,11H2,2H3,(H,17,18)(H,19,20). The summed E-state index contributed by atoms with van der Waals surface area (Å²) in [6.45, 7) is 5.65. The second-order valence-corrected chi connectivity index (χ2v) is 4.87. The van der Waals surface area contributed by atoms with Gasteiger partial charge in [0.05, 0.1) is 12.0 Å². The van der Waals surface area contributed by atoms with Gasteiger partial charge in [0.1, 0.15) is 0 Å². The van der Waals surface area contributed by atoms with Gasteiger partial charge in [-0.05, 0) is 43.9 Å². The highest BCUT2D eigenvalue weighted by molar-refractivity contribution is 5.87. The predicted molar refractivity (Wildman–Crippen MR) is 78.8 cm³/mol. The second kappa shape index (κ2) is 8.15. The van der Waals surface area contributed by atoms with Crippen molar-refractivity contribution in [3.8, 4) is 0 Å². The van der Waals surface area contributed by atoms with Gasteiger partial charge in [-0.25, -0.2) is 4.79 Å². The molecule has 2 N–H and O–H groups in total. The lowest BCUT2D eigenvalue weighted by atomic mass is 10.1. The first-order valence-corrected chi connectivity index (χ1v) is 6.75. The maximum absolute atomic E-state index is 11.8. The predicted octanol–water partition coefficient (Wildman–Crippen LogP) is 2.79. The quantitative estimate of drug-likeness (QED) is 0.566. The van der Waals surface area contributed by atoms with Crippen LogP contribution in [0.25, 0.3) is 0 Å². The molecule has 1 amide bonds. The fraction of sp³-hybridized carbons (Fsp3) is 0.375. The number of allylic oxidation sites excluding steroid dienone is 1. The minimum absolute atomic E-state index is 0.0424. The van der Waals surface area contributed by atoms with Crippen molar-refractivity contribution in [2.24, 2.45) is 0 Å². The topological polar surface area (TPSA) is 66.4 Å². The summed E-state index contributed by atoms with van der Waals surface area (Å²) >= 11 is 0. The molecule has 0 saturated carbocycles. The fourth-order valence-electron chi connectivity index (χ4n) is 1.92. The van der Waals surface area contributed by atoms with Crippen LogP contribution in [0.3, 0.4) is 0 Å². The largest absolute Gasteiger partial charge is 0.478 e. The third kappa shape index (κ3) is 5.69. The number of amides is 1. The van der Waals surface area contributed by atoms with E-state index in [1.54, 1.807) is 12.1 Å². The highest BCUT2D eigenvalue weighted by Crippen LogP contribution is 2.06. The van der Waals surface area contributed by atoms with Gasteiger partial charge in [0.2, 0.25) is 5.91 Å². The maximum Gasteiger partial charge on any atom is 0.335 e. The molecular formula is C16H21NO3. The molecule has 0 heterocycles. The summed E-state index contributed by atoms with van der Waals surface area (Å²) in [4.78, 5) is 22.5. The van der Waals surface area contributed by atoms with Crippen LogP contribution in [0.4, 0.5) is 0 Å². The van der Waals surface area contributed by atoms with Gasteiger partial charge in [-0.1, -0.05) is 18.2 Å². The molecule has 0 aliphatic heterocycles. The summed E-state index contributed by atoms with van der Waals surface area (Å²) in [6, 6.07) is 6.51. The van der Waals surface area contributed by atoms with Crippen molar-refractivity contribution >= 4 is 11.9 Å². The van der Waals surface area contributed by atoms with Crippen molar-refractivity contribution in [2.45, 2.75) is 38.6 Å². The van der Waals surface area contributed by atoms with Crippen LogP contribution in [-0.2, 0) is 11.2 Å². The van der Waals surface area contributed by atoms with Crippen LogP contribution in [-0.4, -0.2) is 23.0 Å². The van der Waals surface area contributed by atoms with Gasteiger partial charge >= 0.3 is 5.97 Å². The number of carbonyl (C=O) groups is 2. The molecule has 0 aliphatic carbocycles. The van der Waals surface area contributed by atoms with E-state index in [9.17, 15) is 9.59 Å². The molecule has 1 aromatic rings. The monoisotopic (exact) mass is 275 g/mol. The van der Waals surface area contributed by atoms with Crippen molar-refractivity contribution in [1.82, 2.24) is 5.32 Å². The Kier molecular flexibility index (Phi) is 6.50. The zero-order valence-electron chi connectivity index (χ0n) is 11.8. The van der Waals surface area contributed by atoms with Crippen molar-refractivity contribution in [1.29, 1.82) is 0 Å². The molecule has 1 rings (SSSR count). The molecule has 0 aromatic heterocycles. The van der Waals surface area contributed by atoms with Crippen molar-refractivity contribution < 1.29 is 14.7 Å². The number of hydrogen-bond donors (Lipinski definition) is 2. The van der Waals surface area contributed by atoms with Gasteiger partial charge < -0.3 is 10.4 Å². The van der Waals surface area contributed by atoms with E-state index in [4.69, 9.17) is 5.11 Å². The molecular weight excluding hydrogens is 254 g/mol. The van der Waals surface area contributed by atoms with E-state index in [2.05, 4.69) is 11.9 Å². The third-order valence-electron chi connectivity index (χ3n) is 3.02. The van der Waals surface area contributed by atoms with Crippen LogP contribution >= 0.6 is 0 Å². The number of carboxylic acid groups (broad SMARTS) is 1. The number of unbranched alkanes of at least 4 members (excludes halogenated alkanes) is 1. The number of carboxylic acids is 1. The SMILES string of the molecule is C=CCCCC(C)NC(=O)Cc1ccc(C(=O)O)cc1. The number of benzene rings is 1. The fourth-order valence-corrected chi connectivity index (χ4v) is 1.92. The summed E-state index contributed by atoms with van der Waals surface area (Å²) in [7, 11) is 0. The van der Waals surface area contributed by atoms with E-state index in [1.165, 1.54) is 12.1 Å². The number of nitrogens with one attached hydrogen (secondary N) is 1. The van der Waals surface area contributed by atoms with E-state index in [1.807, 2.05) is 13.0 Å². The molecule has 20 heavy (non-hydrogen) atoms. The first-order valence-electron chi connectivity index (χ1n) is 6.75. The Balaban J connectivity index is 2.41. The van der Waals surface area contributed by atoms with Gasteiger partial charge in [-0.3, -0.25) is 4.79 Å². The van der Waals surface area contributed by atoms with E-state index in [0.29, 0.717) is 0 Å². The molecule has 108 valence electrons. The van der Waals surface area contributed by atoms with E-state index >= 15 is 0 Å². The van der Waals surface area contributed by atoms with E-state index < -0.39 is 5.97 Å². The molecule has 4 nitrogen and oxygen atoms in total. The molecule has 0 spiro atoms. The molecule has 0 fully saturated rings. The highest BCUT2D eigenvalue weighted by Gasteiger charge is 2.08. The lowest BCUT2D eigenvalue weighted by Gasteiger charge is -2.13. The van der Waals surface area contributed by atoms with Crippen molar-refractivity contribution in [3.63, 3.8) is 0 Å². The van der Waals surface area contributed by atoms with E-state index in [0.717, 1.165) is 24.8 Å².